The topological polar surface area (TPSA) is 56.7 Å². The van der Waals surface area contributed by atoms with E-state index >= 15 is 0 Å². The molecule has 62 heavy (non-hydrogen) atoms. The fraction of sp³-hybridized carbons (Fsp3) is 0. The average Bonchev–Trinajstić information content (AvgIpc) is 3.98. The van der Waals surface area contributed by atoms with E-state index in [1.807, 2.05) is 146 Å². The number of furan rings is 1. The molecule has 0 aliphatic carbocycles. The second-order valence-corrected chi connectivity index (χ2v) is 15.0. The fourth-order valence-electron chi connectivity index (χ4n) is 8.38. The van der Waals surface area contributed by atoms with E-state index in [2.05, 4.69) is 18.2 Å². The Morgan fingerprint density at radius 1 is 0.371 bits per heavy atom. The van der Waals surface area contributed by atoms with Crippen molar-refractivity contribution < 1.29 is 15.4 Å². The maximum absolute atomic E-state index is 9.35. The first-order valence-corrected chi connectivity index (χ1v) is 20.2. The highest BCUT2D eigenvalue weighted by molar-refractivity contribution is 6.11. The van der Waals surface area contributed by atoms with Crippen LogP contribution in [0.15, 0.2) is 223 Å². The fourth-order valence-corrected chi connectivity index (χ4v) is 8.38. The predicted octanol–water partition coefficient (Wildman–Crippen LogP) is 14.9. The predicted molar refractivity (Wildman–Crippen MR) is 254 cm³/mol. The molecule has 0 saturated carbocycles. The van der Waals surface area contributed by atoms with Crippen molar-refractivity contribution in [1.82, 2.24) is 19.5 Å². The van der Waals surface area contributed by atoms with Crippen molar-refractivity contribution in [2.45, 2.75) is 0 Å². The Kier molecular flexibility index (Phi) is 6.67. The highest BCUT2D eigenvalue weighted by Crippen LogP contribution is 2.41. The van der Waals surface area contributed by atoms with Crippen LogP contribution in [0.25, 0.3) is 117 Å². The van der Waals surface area contributed by atoms with Crippen LogP contribution >= 0.6 is 0 Å². The summed E-state index contributed by atoms with van der Waals surface area (Å²) in [7, 11) is 0. The molecule has 3 heterocycles. The molecular formula is C57H36N4O. The zero-order valence-corrected chi connectivity index (χ0v) is 32.9. The van der Waals surface area contributed by atoms with Gasteiger partial charge in [-0.15, -0.1) is 0 Å². The minimum Gasteiger partial charge on any atom is -0.455 e. The average molecular weight is 801 g/mol. The minimum absolute atomic E-state index is 0.0179. The summed E-state index contributed by atoms with van der Waals surface area (Å²) in [5, 5.41) is 1.77. The van der Waals surface area contributed by atoms with Gasteiger partial charge in [-0.1, -0.05) is 176 Å². The third kappa shape index (κ3) is 6.06. The first-order chi connectivity index (χ1) is 34.0. The van der Waals surface area contributed by atoms with Crippen molar-refractivity contribution >= 4 is 43.7 Å². The van der Waals surface area contributed by atoms with Gasteiger partial charge in [0.25, 0.3) is 0 Å². The van der Waals surface area contributed by atoms with Crippen LogP contribution in [-0.4, -0.2) is 19.5 Å². The number of rotatable bonds is 7. The molecule has 0 bridgehead atoms. The van der Waals surface area contributed by atoms with Gasteiger partial charge in [-0.3, -0.25) is 0 Å². The molecule has 5 heteroatoms. The number of para-hydroxylation sites is 3. The Morgan fingerprint density at radius 3 is 1.65 bits per heavy atom. The second-order valence-electron chi connectivity index (χ2n) is 15.0. The zero-order valence-electron chi connectivity index (χ0n) is 40.9. The molecular weight excluding hydrogens is 757 g/mol. The van der Waals surface area contributed by atoms with Crippen LogP contribution in [0.3, 0.4) is 0 Å². The summed E-state index contributed by atoms with van der Waals surface area (Å²) in [6, 6.07) is 51.5. The largest absolute Gasteiger partial charge is 0.455 e. The van der Waals surface area contributed by atoms with Gasteiger partial charge in [0, 0.05) is 43.8 Å². The second kappa shape index (κ2) is 14.7. The van der Waals surface area contributed by atoms with Gasteiger partial charge >= 0.3 is 0 Å². The van der Waals surface area contributed by atoms with Crippen molar-refractivity contribution in [3.63, 3.8) is 0 Å². The van der Waals surface area contributed by atoms with Crippen LogP contribution in [0.4, 0.5) is 0 Å². The Hall–Kier alpha value is -8.41. The lowest BCUT2D eigenvalue weighted by Crippen LogP contribution is -2.04. The number of nitrogens with zero attached hydrogens (tertiary/aromatic N) is 4. The summed E-state index contributed by atoms with van der Waals surface area (Å²) in [6.45, 7) is 0. The first kappa shape index (κ1) is 28.1. The standard InChI is InChI=1S/C57H36N4O/c1-4-16-37(17-5-1)40-22-14-23-43(34-40)56-58-55(39-20-8-3-9-21-39)59-57(60-56)49-36-41(30-32-52(49)61-50-28-12-10-24-45(50)46-25-11-13-29-51(46)61)42-31-33-53-48(35-42)47-27-15-26-44(54(47)62-53)38-18-6-2-7-19-38/h1-36H/i10D,11D,12D,13D,24D,25D,28D,29D. The van der Waals surface area contributed by atoms with Gasteiger partial charge in [0.05, 0.1) is 27.7 Å². The summed E-state index contributed by atoms with van der Waals surface area (Å²) >= 11 is 0. The van der Waals surface area contributed by atoms with E-state index in [-0.39, 0.29) is 27.6 Å². The van der Waals surface area contributed by atoms with Gasteiger partial charge in [0.2, 0.25) is 0 Å². The monoisotopic (exact) mass is 800 g/mol. The number of hydrogen-bond donors (Lipinski definition) is 0. The van der Waals surface area contributed by atoms with E-state index in [1.165, 1.54) is 4.57 Å². The zero-order chi connectivity index (χ0) is 47.9. The molecule has 0 aliphatic rings. The summed E-state index contributed by atoms with van der Waals surface area (Å²) in [5.41, 5.74) is 9.13. The Labute approximate surface area is 369 Å². The van der Waals surface area contributed by atoms with E-state index in [0.29, 0.717) is 34.0 Å². The molecule has 0 aliphatic heterocycles. The van der Waals surface area contributed by atoms with Crippen molar-refractivity contribution in [3.8, 4) is 73.2 Å². The number of fused-ring (bicyclic) bond motifs is 6. The molecule has 3 aromatic heterocycles. The van der Waals surface area contributed by atoms with Gasteiger partial charge in [-0.05, 0) is 70.2 Å². The van der Waals surface area contributed by atoms with E-state index in [4.69, 9.17) is 27.6 Å². The Balaban J connectivity index is 1.17. The lowest BCUT2D eigenvalue weighted by atomic mass is 9.98. The number of benzene rings is 9. The van der Waals surface area contributed by atoms with Gasteiger partial charge in [-0.25, -0.2) is 15.0 Å². The van der Waals surface area contributed by atoms with Crippen LogP contribution in [0.5, 0.6) is 0 Å². The Bertz CT molecular complexity index is 4030. The molecule has 12 aromatic rings. The van der Waals surface area contributed by atoms with Crippen molar-refractivity contribution in [3.05, 3.63) is 218 Å². The lowest BCUT2D eigenvalue weighted by Gasteiger charge is -2.16. The molecule has 290 valence electrons. The molecule has 0 radical (unpaired) electrons. The molecule has 0 fully saturated rings. The van der Waals surface area contributed by atoms with Crippen LogP contribution in [0.1, 0.15) is 11.0 Å². The van der Waals surface area contributed by atoms with Crippen LogP contribution in [0, 0.1) is 0 Å². The summed E-state index contributed by atoms with van der Waals surface area (Å²) in [4.78, 5) is 15.4. The first-order valence-electron chi connectivity index (χ1n) is 24.2. The molecule has 5 nitrogen and oxygen atoms in total. The third-order valence-corrected chi connectivity index (χ3v) is 11.3. The maximum atomic E-state index is 9.35. The van der Waals surface area contributed by atoms with Crippen LogP contribution in [-0.2, 0) is 0 Å². The quantitative estimate of drug-likeness (QED) is 0.161. The number of aromatic nitrogens is 4. The van der Waals surface area contributed by atoms with E-state index in [9.17, 15) is 2.74 Å². The summed E-state index contributed by atoms with van der Waals surface area (Å²) < 4.78 is 80.1. The van der Waals surface area contributed by atoms with Crippen molar-refractivity contribution in [2.24, 2.45) is 0 Å². The van der Waals surface area contributed by atoms with E-state index < -0.39 is 48.3 Å². The SMILES string of the molecule is [2H]c1c([2H])c([2H])c2c(c1[2H])c1c([2H])c([2H])c([2H])c([2H])c1n2-c1ccc(-c2ccc3oc4c(-c5ccccc5)cccc4c3c2)cc1-c1nc(-c2ccccc2)nc(-c2cccc(-c3ccccc3)c2)n1. The molecule has 0 unspecified atom stereocenters. The maximum Gasteiger partial charge on any atom is 0.166 e. The van der Waals surface area contributed by atoms with Crippen molar-refractivity contribution in [1.29, 1.82) is 0 Å². The van der Waals surface area contributed by atoms with Gasteiger partial charge < -0.3 is 8.98 Å². The highest BCUT2D eigenvalue weighted by atomic mass is 16.3. The summed E-state index contributed by atoms with van der Waals surface area (Å²) in [6.07, 6.45) is 0. The molecule has 0 spiro atoms. The molecule has 0 saturated heterocycles. The minimum atomic E-state index is -0.523. The van der Waals surface area contributed by atoms with E-state index in [0.717, 1.165) is 55.3 Å². The molecule has 9 aromatic carbocycles. The van der Waals surface area contributed by atoms with Crippen LogP contribution in [0.2, 0.25) is 0 Å². The third-order valence-electron chi connectivity index (χ3n) is 11.3. The van der Waals surface area contributed by atoms with Gasteiger partial charge in [0.1, 0.15) is 11.2 Å². The molecule has 0 atom stereocenters. The molecule has 12 rings (SSSR count). The van der Waals surface area contributed by atoms with Crippen molar-refractivity contribution in [2.75, 3.05) is 0 Å². The van der Waals surface area contributed by atoms with Crippen LogP contribution < -0.4 is 0 Å². The number of hydrogen-bond acceptors (Lipinski definition) is 4. The smallest absolute Gasteiger partial charge is 0.166 e. The van der Waals surface area contributed by atoms with Gasteiger partial charge in [-0.2, -0.15) is 0 Å². The molecule has 0 N–H and O–H groups in total. The van der Waals surface area contributed by atoms with E-state index in [1.54, 1.807) is 6.07 Å². The molecule has 0 amide bonds. The van der Waals surface area contributed by atoms with Gasteiger partial charge in [0.15, 0.2) is 17.5 Å². The highest BCUT2D eigenvalue weighted by Gasteiger charge is 2.21. The summed E-state index contributed by atoms with van der Waals surface area (Å²) in [5.74, 6) is 0.947. The lowest BCUT2D eigenvalue weighted by molar-refractivity contribution is 0.670. The Morgan fingerprint density at radius 2 is 0.919 bits per heavy atom. The normalized spacial score (nSPS) is 13.4.